The molecule has 0 rings (SSSR count). The molecule has 0 aromatic carbocycles. The van der Waals surface area contributed by atoms with Gasteiger partial charge < -0.3 is 4.74 Å². The van der Waals surface area contributed by atoms with Crippen molar-refractivity contribution in [1.29, 1.82) is 0 Å². The van der Waals surface area contributed by atoms with E-state index in [1.807, 2.05) is 26.8 Å². The molecule has 0 N–H and O–H groups in total. The van der Waals surface area contributed by atoms with Crippen LogP contribution in [-0.4, -0.2) is 12.6 Å². The van der Waals surface area contributed by atoms with E-state index in [9.17, 15) is 4.79 Å². The molecule has 0 aromatic heterocycles. The zero-order valence-electron chi connectivity index (χ0n) is 6.68. The summed E-state index contributed by atoms with van der Waals surface area (Å²) in [6, 6.07) is 0. The van der Waals surface area contributed by atoms with Gasteiger partial charge in [-0.25, -0.2) is 4.79 Å². The Labute approximate surface area is 61.9 Å². The van der Waals surface area contributed by atoms with Crippen LogP contribution in [0.15, 0.2) is 11.6 Å². The Balaban J connectivity index is 3.56. The van der Waals surface area contributed by atoms with E-state index in [4.69, 9.17) is 0 Å². The first-order valence-corrected chi connectivity index (χ1v) is 3.35. The average molecular weight is 141 g/mol. The van der Waals surface area contributed by atoms with Crippen LogP contribution in [0.3, 0.4) is 0 Å². The molecular weight excluding hydrogens is 128 g/mol. The molecule has 0 fully saturated rings. The fourth-order valence-corrected chi connectivity index (χ4v) is 0.695. The van der Waals surface area contributed by atoms with Crippen molar-refractivity contribution in [3.63, 3.8) is 0 Å². The van der Waals surface area contributed by atoms with Crippen molar-refractivity contribution in [2.24, 2.45) is 0 Å². The standard InChI is InChI=1S/C8H13O2/c1-4-7(2)5-8(3)10-6-9/h4,8H,5H2,1-3H3/b7-4+. The van der Waals surface area contributed by atoms with Crippen LogP contribution in [0.1, 0.15) is 27.2 Å². The van der Waals surface area contributed by atoms with Crippen LogP contribution < -0.4 is 0 Å². The summed E-state index contributed by atoms with van der Waals surface area (Å²) in [4.78, 5) is 9.72. The van der Waals surface area contributed by atoms with Gasteiger partial charge in [-0.15, -0.1) is 0 Å². The molecule has 1 unspecified atom stereocenters. The third-order valence-corrected chi connectivity index (χ3v) is 1.35. The van der Waals surface area contributed by atoms with Crippen LogP contribution in [0.25, 0.3) is 0 Å². The number of allylic oxidation sites excluding steroid dienone is 1. The third-order valence-electron chi connectivity index (χ3n) is 1.35. The largest absolute Gasteiger partial charge is 0.454 e. The molecule has 1 atom stereocenters. The van der Waals surface area contributed by atoms with E-state index in [0.717, 1.165) is 6.42 Å². The highest BCUT2D eigenvalue weighted by Gasteiger charge is 2.01. The van der Waals surface area contributed by atoms with E-state index >= 15 is 0 Å². The molecule has 0 aliphatic heterocycles. The predicted octanol–water partition coefficient (Wildman–Crippen LogP) is 1.81. The zero-order valence-corrected chi connectivity index (χ0v) is 6.68. The number of rotatable bonds is 4. The van der Waals surface area contributed by atoms with Gasteiger partial charge in [0.15, 0.2) is 0 Å². The Morgan fingerprint density at radius 3 is 2.80 bits per heavy atom. The van der Waals surface area contributed by atoms with Crippen molar-refractivity contribution in [3.05, 3.63) is 11.6 Å². The van der Waals surface area contributed by atoms with Gasteiger partial charge in [-0.3, -0.25) is 0 Å². The highest BCUT2D eigenvalue weighted by atomic mass is 16.5. The van der Waals surface area contributed by atoms with Crippen molar-refractivity contribution >= 4 is 6.47 Å². The molecule has 0 spiro atoms. The summed E-state index contributed by atoms with van der Waals surface area (Å²) in [5.41, 5.74) is 1.22. The highest BCUT2D eigenvalue weighted by molar-refractivity contribution is 5.38. The van der Waals surface area contributed by atoms with Gasteiger partial charge in [0.2, 0.25) is 0 Å². The second kappa shape index (κ2) is 5.03. The van der Waals surface area contributed by atoms with E-state index in [1.54, 1.807) is 0 Å². The van der Waals surface area contributed by atoms with Crippen LogP contribution in [0.4, 0.5) is 0 Å². The molecule has 0 aromatic rings. The molecular formula is C8H13O2. The molecule has 0 saturated carbocycles. The zero-order chi connectivity index (χ0) is 7.98. The molecule has 0 bridgehead atoms. The summed E-state index contributed by atoms with van der Waals surface area (Å²) in [7, 11) is 0. The Kier molecular flexibility index (Phi) is 4.63. The van der Waals surface area contributed by atoms with Crippen LogP contribution in [0.2, 0.25) is 0 Å². The maximum absolute atomic E-state index is 9.72. The Morgan fingerprint density at radius 2 is 2.40 bits per heavy atom. The third kappa shape index (κ3) is 4.13. The molecule has 0 amide bonds. The molecule has 0 saturated heterocycles. The summed E-state index contributed by atoms with van der Waals surface area (Å²) >= 11 is 0. The van der Waals surface area contributed by atoms with Gasteiger partial charge in [-0.1, -0.05) is 11.6 Å². The van der Waals surface area contributed by atoms with Crippen molar-refractivity contribution < 1.29 is 9.53 Å². The Morgan fingerprint density at radius 1 is 1.80 bits per heavy atom. The van der Waals surface area contributed by atoms with Gasteiger partial charge in [0.1, 0.15) is 6.10 Å². The second-order valence-corrected chi connectivity index (χ2v) is 2.35. The summed E-state index contributed by atoms with van der Waals surface area (Å²) in [6.45, 7) is 7.23. The van der Waals surface area contributed by atoms with Gasteiger partial charge >= 0.3 is 6.47 Å². The summed E-state index contributed by atoms with van der Waals surface area (Å²) in [5.74, 6) is 0. The van der Waals surface area contributed by atoms with Crippen molar-refractivity contribution in [2.75, 3.05) is 0 Å². The number of hydrogen-bond donors (Lipinski definition) is 0. The molecule has 57 valence electrons. The van der Waals surface area contributed by atoms with Gasteiger partial charge in [0, 0.05) is 6.42 Å². The van der Waals surface area contributed by atoms with Crippen molar-refractivity contribution in [2.45, 2.75) is 33.3 Å². The minimum absolute atomic E-state index is 0.0475. The van der Waals surface area contributed by atoms with E-state index in [1.165, 1.54) is 12.0 Å². The SMILES string of the molecule is C/C=C(\C)CC(C)O[C]=O. The van der Waals surface area contributed by atoms with E-state index < -0.39 is 0 Å². The Bertz CT molecular complexity index is 127. The number of carbonyl (C=O) groups excluding carboxylic acids is 1. The Hall–Kier alpha value is -0.790. The van der Waals surface area contributed by atoms with E-state index in [0.29, 0.717) is 0 Å². The number of hydrogen-bond acceptors (Lipinski definition) is 2. The van der Waals surface area contributed by atoms with E-state index in [2.05, 4.69) is 4.74 Å². The van der Waals surface area contributed by atoms with Gasteiger partial charge in [-0.2, -0.15) is 0 Å². The fraction of sp³-hybridized carbons (Fsp3) is 0.625. The molecule has 0 aliphatic rings. The van der Waals surface area contributed by atoms with Crippen molar-refractivity contribution in [1.82, 2.24) is 0 Å². The first-order valence-electron chi connectivity index (χ1n) is 3.35. The topological polar surface area (TPSA) is 26.3 Å². The average Bonchev–Trinajstić information content (AvgIpc) is 1.88. The predicted molar refractivity (Wildman–Crippen MR) is 40.3 cm³/mol. The number of ether oxygens (including phenoxy) is 1. The quantitative estimate of drug-likeness (QED) is 0.558. The van der Waals surface area contributed by atoms with Crippen LogP contribution in [0, 0.1) is 0 Å². The lowest BCUT2D eigenvalue weighted by atomic mass is 10.1. The molecule has 10 heavy (non-hydrogen) atoms. The smallest absolute Gasteiger partial charge is 0.417 e. The monoisotopic (exact) mass is 141 g/mol. The molecule has 2 nitrogen and oxygen atoms in total. The first-order chi connectivity index (χ1) is 4.70. The lowest BCUT2D eigenvalue weighted by Gasteiger charge is -2.07. The molecule has 2 heteroatoms. The van der Waals surface area contributed by atoms with Crippen LogP contribution in [-0.2, 0) is 9.53 Å². The maximum atomic E-state index is 9.72. The second-order valence-electron chi connectivity index (χ2n) is 2.35. The first kappa shape index (κ1) is 9.21. The summed E-state index contributed by atoms with van der Waals surface area (Å²) < 4.78 is 4.57. The molecule has 0 aliphatic carbocycles. The van der Waals surface area contributed by atoms with Crippen LogP contribution >= 0.6 is 0 Å². The van der Waals surface area contributed by atoms with Gasteiger partial charge in [0.25, 0.3) is 0 Å². The van der Waals surface area contributed by atoms with Gasteiger partial charge in [-0.05, 0) is 20.8 Å². The van der Waals surface area contributed by atoms with E-state index in [-0.39, 0.29) is 6.10 Å². The van der Waals surface area contributed by atoms with Crippen LogP contribution in [0.5, 0.6) is 0 Å². The lowest BCUT2D eigenvalue weighted by Crippen LogP contribution is -2.06. The fourth-order valence-electron chi connectivity index (χ4n) is 0.695. The minimum atomic E-state index is -0.0475. The van der Waals surface area contributed by atoms with Gasteiger partial charge in [0.05, 0.1) is 0 Å². The van der Waals surface area contributed by atoms with Crippen molar-refractivity contribution in [3.8, 4) is 0 Å². The highest BCUT2D eigenvalue weighted by Crippen LogP contribution is 2.05. The minimum Gasteiger partial charge on any atom is -0.454 e. The normalized spacial score (nSPS) is 14.5. The summed E-state index contributed by atoms with van der Waals surface area (Å²) in [5, 5.41) is 0. The molecule has 0 heterocycles. The summed E-state index contributed by atoms with van der Waals surface area (Å²) in [6.07, 6.45) is 2.75. The lowest BCUT2D eigenvalue weighted by molar-refractivity contribution is 0.194. The maximum Gasteiger partial charge on any atom is 0.417 e. The molecule has 1 radical (unpaired) electrons.